The van der Waals surface area contributed by atoms with Crippen molar-refractivity contribution in [2.75, 3.05) is 13.6 Å². The van der Waals surface area contributed by atoms with Crippen molar-refractivity contribution < 1.29 is 19.2 Å². The van der Waals surface area contributed by atoms with E-state index in [4.69, 9.17) is 0 Å². The highest BCUT2D eigenvalue weighted by Gasteiger charge is 2.35. The van der Waals surface area contributed by atoms with Gasteiger partial charge in [0.15, 0.2) is 0 Å². The Hall–Kier alpha value is -3.48. The van der Waals surface area contributed by atoms with Crippen molar-refractivity contribution in [3.05, 3.63) is 70.8 Å². The van der Waals surface area contributed by atoms with E-state index in [-0.39, 0.29) is 36.6 Å². The number of hydrogen-bond donors (Lipinski definition) is 1. The van der Waals surface area contributed by atoms with E-state index in [0.29, 0.717) is 30.5 Å². The van der Waals surface area contributed by atoms with E-state index in [2.05, 4.69) is 5.32 Å². The maximum atomic E-state index is 13.2. The maximum absolute atomic E-state index is 13.2. The van der Waals surface area contributed by atoms with E-state index in [1.54, 1.807) is 36.2 Å². The number of amides is 4. The Morgan fingerprint density at radius 1 is 1.00 bits per heavy atom. The van der Waals surface area contributed by atoms with Crippen LogP contribution >= 0.6 is 0 Å². The smallest absolute Gasteiger partial charge is 0.261 e. The zero-order valence-corrected chi connectivity index (χ0v) is 18.8. The predicted molar refractivity (Wildman–Crippen MR) is 121 cm³/mol. The summed E-state index contributed by atoms with van der Waals surface area (Å²) in [5.74, 6) is -1.05. The molecule has 1 heterocycles. The zero-order chi connectivity index (χ0) is 23.3. The fourth-order valence-electron chi connectivity index (χ4n) is 4.03. The Morgan fingerprint density at radius 2 is 1.59 bits per heavy atom. The van der Waals surface area contributed by atoms with Crippen molar-refractivity contribution in [1.82, 2.24) is 15.1 Å². The number of nitrogens with zero attached hydrogens (tertiary/aromatic N) is 2. The molecule has 0 spiro atoms. The van der Waals surface area contributed by atoms with Crippen LogP contribution < -0.4 is 5.32 Å². The number of hydrogen-bond acceptors (Lipinski definition) is 4. The van der Waals surface area contributed by atoms with Crippen molar-refractivity contribution in [2.45, 2.75) is 45.7 Å². The quantitative estimate of drug-likeness (QED) is 0.614. The lowest BCUT2D eigenvalue weighted by Gasteiger charge is -2.31. The molecular weight excluding hydrogens is 406 g/mol. The molecule has 4 amide bonds. The third kappa shape index (κ3) is 4.72. The van der Waals surface area contributed by atoms with Gasteiger partial charge in [-0.2, -0.15) is 0 Å². The molecule has 1 N–H and O–H groups in total. The van der Waals surface area contributed by atoms with Gasteiger partial charge in [-0.1, -0.05) is 43.3 Å². The lowest BCUT2D eigenvalue weighted by molar-refractivity contribution is -0.141. The molecule has 2 aromatic carbocycles. The van der Waals surface area contributed by atoms with Crippen LogP contribution in [0.2, 0.25) is 0 Å². The molecule has 0 fully saturated rings. The Balaban J connectivity index is 1.70. The first-order valence-electron chi connectivity index (χ1n) is 10.9. The average Bonchev–Trinajstić information content (AvgIpc) is 3.04. The monoisotopic (exact) mass is 435 g/mol. The number of benzene rings is 2. The molecular formula is C25H29N3O4. The highest BCUT2D eigenvalue weighted by Crippen LogP contribution is 2.23. The minimum atomic E-state index is -0.591. The van der Waals surface area contributed by atoms with Crippen LogP contribution in [-0.2, 0) is 16.1 Å². The number of fused-ring (bicyclic) bond motifs is 1. The van der Waals surface area contributed by atoms with Gasteiger partial charge in [0.1, 0.15) is 6.04 Å². The van der Waals surface area contributed by atoms with Crippen LogP contribution in [0.15, 0.2) is 48.5 Å². The number of rotatable bonds is 9. The molecule has 1 atom stereocenters. The Morgan fingerprint density at radius 3 is 2.16 bits per heavy atom. The first-order chi connectivity index (χ1) is 15.4. The van der Waals surface area contributed by atoms with Crippen molar-refractivity contribution >= 4 is 23.6 Å². The minimum absolute atomic E-state index is 0.132. The lowest BCUT2D eigenvalue weighted by Crippen LogP contribution is -2.48. The van der Waals surface area contributed by atoms with Gasteiger partial charge in [-0.25, -0.2) is 0 Å². The van der Waals surface area contributed by atoms with Crippen molar-refractivity contribution in [3.63, 3.8) is 0 Å². The van der Waals surface area contributed by atoms with E-state index in [1.807, 2.05) is 38.1 Å². The van der Waals surface area contributed by atoms with E-state index in [9.17, 15) is 19.2 Å². The third-order valence-electron chi connectivity index (χ3n) is 5.88. The normalized spacial score (nSPS) is 13.7. The molecule has 32 heavy (non-hydrogen) atoms. The average molecular weight is 436 g/mol. The summed E-state index contributed by atoms with van der Waals surface area (Å²) in [6.07, 6.45) is 0.946. The lowest BCUT2D eigenvalue weighted by atomic mass is 10.1. The fourth-order valence-corrected chi connectivity index (χ4v) is 4.03. The van der Waals surface area contributed by atoms with Gasteiger partial charge >= 0.3 is 0 Å². The predicted octanol–water partition coefficient (Wildman–Crippen LogP) is 2.92. The number of likely N-dealkylation sites (N-methyl/N-ethyl adjacent to an activating group) is 1. The molecule has 168 valence electrons. The number of nitrogens with one attached hydrogen (secondary N) is 1. The van der Waals surface area contributed by atoms with Crippen LogP contribution in [0.4, 0.5) is 0 Å². The molecule has 0 unspecified atom stereocenters. The van der Waals surface area contributed by atoms with Crippen LogP contribution in [0.25, 0.3) is 0 Å². The van der Waals surface area contributed by atoms with Gasteiger partial charge in [0.25, 0.3) is 11.8 Å². The third-order valence-corrected chi connectivity index (χ3v) is 5.88. The molecule has 0 saturated heterocycles. The summed E-state index contributed by atoms with van der Waals surface area (Å²) in [5.41, 5.74) is 2.82. The summed E-state index contributed by atoms with van der Waals surface area (Å²) in [6.45, 7) is 4.33. The summed E-state index contributed by atoms with van der Waals surface area (Å²) < 4.78 is 0. The van der Waals surface area contributed by atoms with Crippen LogP contribution in [0.5, 0.6) is 0 Å². The van der Waals surface area contributed by atoms with E-state index < -0.39 is 6.04 Å². The van der Waals surface area contributed by atoms with Gasteiger partial charge in [0.2, 0.25) is 11.8 Å². The van der Waals surface area contributed by atoms with Gasteiger partial charge < -0.3 is 10.2 Å². The van der Waals surface area contributed by atoms with Crippen LogP contribution in [0, 0.1) is 6.92 Å². The molecule has 1 aliphatic rings. The van der Waals surface area contributed by atoms with E-state index in [1.165, 1.54) is 4.90 Å². The second-order valence-corrected chi connectivity index (χ2v) is 7.90. The molecule has 0 radical (unpaired) electrons. The summed E-state index contributed by atoms with van der Waals surface area (Å²) in [4.78, 5) is 53.5. The van der Waals surface area contributed by atoms with Crippen molar-refractivity contribution in [1.29, 1.82) is 0 Å². The number of carbonyl (C=O) groups excluding carboxylic acids is 4. The highest BCUT2D eigenvalue weighted by molar-refractivity contribution is 6.21. The largest absolute Gasteiger partial charge is 0.357 e. The van der Waals surface area contributed by atoms with Crippen molar-refractivity contribution in [3.8, 4) is 0 Å². The molecule has 1 aliphatic heterocycles. The maximum Gasteiger partial charge on any atom is 0.261 e. The molecule has 0 saturated carbocycles. The number of aryl methyl sites for hydroxylation is 1. The van der Waals surface area contributed by atoms with Crippen LogP contribution in [0.1, 0.15) is 58.0 Å². The molecule has 0 bridgehead atoms. The zero-order valence-electron chi connectivity index (χ0n) is 18.8. The standard InChI is InChI=1S/C25H29N3O4/c1-4-21(23(30)26-3)28(16-18-11-6-5-10-17(18)2)22(29)14-9-15-27-24(31)19-12-7-8-13-20(19)25(27)32/h5-8,10-13,21H,4,9,14-16H2,1-3H3,(H,26,30)/t21-/m0/s1. The molecule has 3 rings (SSSR count). The number of carbonyl (C=O) groups is 4. The molecule has 0 aromatic heterocycles. The van der Waals surface area contributed by atoms with Gasteiger partial charge in [0, 0.05) is 26.6 Å². The first-order valence-corrected chi connectivity index (χ1v) is 10.9. The van der Waals surface area contributed by atoms with E-state index in [0.717, 1.165) is 11.1 Å². The topological polar surface area (TPSA) is 86.8 Å². The minimum Gasteiger partial charge on any atom is -0.357 e. The second kappa shape index (κ2) is 10.2. The van der Waals surface area contributed by atoms with Gasteiger partial charge in [-0.05, 0) is 43.0 Å². The van der Waals surface area contributed by atoms with Gasteiger partial charge in [0.05, 0.1) is 11.1 Å². The SMILES string of the molecule is CC[C@@H](C(=O)NC)N(Cc1ccccc1C)C(=O)CCCN1C(=O)c2ccccc2C1=O. The van der Waals surface area contributed by atoms with Gasteiger partial charge in [-0.15, -0.1) is 0 Å². The summed E-state index contributed by atoms with van der Waals surface area (Å²) >= 11 is 0. The first kappa shape index (κ1) is 23.2. The Bertz CT molecular complexity index is 998. The Labute approximate surface area is 188 Å². The van der Waals surface area contributed by atoms with Gasteiger partial charge in [-0.3, -0.25) is 24.1 Å². The molecule has 7 nitrogen and oxygen atoms in total. The summed E-state index contributed by atoms with van der Waals surface area (Å²) in [6, 6.07) is 13.9. The highest BCUT2D eigenvalue weighted by atomic mass is 16.2. The molecule has 2 aromatic rings. The fraction of sp³-hybridized carbons (Fsp3) is 0.360. The number of imide groups is 1. The second-order valence-electron chi connectivity index (χ2n) is 7.90. The van der Waals surface area contributed by atoms with Crippen LogP contribution in [-0.4, -0.2) is 53.1 Å². The van der Waals surface area contributed by atoms with Crippen LogP contribution in [0.3, 0.4) is 0 Å². The summed E-state index contributed by atoms with van der Waals surface area (Å²) in [7, 11) is 1.56. The van der Waals surface area contributed by atoms with Crippen molar-refractivity contribution in [2.24, 2.45) is 0 Å². The molecule has 0 aliphatic carbocycles. The molecule has 7 heteroatoms. The summed E-state index contributed by atoms with van der Waals surface area (Å²) in [5, 5.41) is 2.64. The van der Waals surface area contributed by atoms with E-state index >= 15 is 0 Å². The Kier molecular flexibility index (Phi) is 7.41.